The predicted molar refractivity (Wildman–Crippen MR) is 109 cm³/mol. The van der Waals surface area contributed by atoms with Gasteiger partial charge in [-0.05, 0) is 43.1 Å². The van der Waals surface area contributed by atoms with Gasteiger partial charge < -0.3 is 9.53 Å². The Morgan fingerprint density at radius 1 is 1.12 bits per heavy atom. The minimum absolute atomic E-state index is 0.134. The van der Waals surface area contributed by atoms with E-state index >= 15 is 0 Å². The van der Waals surface area contributed by atoms with E-state index in [0.717, 1.165) is 9.80 Å². The summed E-state index contributed by atoms with van der Waals surface area (Å²) < 4.78 is 6.40. The molecule has 24 heavy (non-hydrogen) atoms. The van der Waals surface area contributed by atoms with Crippen molar-refractivity contribution in [3.8, 4) is 0 Å². The van der Waals surface area contributed by atoms with Crippen LogP contribution in [0.25, 0.3) is 0 Å². The molecule has 0 amide bonds. The molecule has 2 atom stereocenters. The summed E-state index contributed by atoms with van der Waals surface area (Å²) in [4.78, 5) is 2.12. The zero-order chi connectivity index (χ0) is 18.5. The van der Waals surface area contributed by atoms with Crippen molar-refractivity contribution < 1.29 is 9.53 Å². The van der Waals surface area contributed by atoms with Gasteiger partial charge in [0.15, 0.2) is 8.32 Å². The van der Waals surface area contributed by atoms with Crippen molar-refractivity contribution in [2.45, 2.75) is 76.8 Å². The summed E-state index contributed by atoms with van der Waals surface area (Å²) in [6, 6.07) is 10.2. The highest BCUT2D eigenvalue weighted by molar-refractivity contribution is 8.03. The van der Waals surface area contributed by atoms with Gasteiger partial charge in [0.2, 0.25) is 0 Å². The van der Waals surface area contributed by atoms with E-state index in [4.69, 9.17) is 4.43 Å². The van der Waals surface area contributed by atoms with Crippen molar-refractivity contribution in [1.29, 1.82) is 0 Å². The third kappa shape index (κ3) is 6.39. The third-order valence-electron chi connectivity index (χ3n) is 4.50. The second-order valence-corrected chi connectivity index (χ2v) is 14.2. The number of hydrogen-bond acceptors (Lipinski definition) is 3. The van der Waals surface area contributed by atoms with Crippen LogP contribution in [0.4, 0.5) is 0 Å². The molecule has 0 saturated heterocycles. The summed E-state index contributed by atoms with van der Waals surface area (Å²) in [6.45, 7) is 17.4. The molecule has 136 valence electrons. The first kappa shape index (κ1) is 21.5. The molecule has 0 saturated carbocycles. The molecule has 0 bridgehead atoms. The van der Waals surface area contributed by atoms with E-state index in [0.29, 0.717) is 5.92 Å². The lowest BCUT2D eigenvalue weighted by Gasteiger charge is -2.39. The van der Waals surface area contributed by atoms with Crippen LogP contribution in [-0.2, 0) is 4.43 Å². The first-order chi connectivity index (χ1) is 10.9. The lowest BCUT2D eigenvalue weighted by atomic mass is 10.1. The van der Waals surface area contributed by atoms with E-state index in [1.165, 1.54) is 0 Å². The van der Waals surface area contributed by atoms with Crippen LogP contribution in [-0.4, -0.2) is 25.6 Å². The Balaban J connectivity index is 2.94. The molecule has 0 aliphatic rings. The fourth-order valence-corrected chi connectivity index (χ4v) is 4.71. The fraction of sp³-hybridized carbons (Fsp3) is 0.600. The highest BCUT2D eigenvalue weighted by Gasteiger charge is 2.40. The van der Waals surface area contributed by atoms with Crippen molar-refractivity contribution in [2.75, 3.05) is 0 Å². The summed E-state index contributed by atoms with van der Waals surface area (Å²) in [5.41, 5.74) is 0. The summed E-state index contributed by atoms with van der Waals surface area (Å²) in [6.07, 6.45) is 1.33. The second-order valence-electron chi connectivity index (χ2n) is 8.26. The van der Waals surface area contributed by atoms with Gasteiger partial charge in [-0.3, -0.25) is 0 Å². The number of benzene rings is 1. The molecule has 0 heterocycles. The van der Waals surface area contributed by atoms with Gasteiger partial charge in [0.1, 0.15) is 6.10 Å². The van der Waals surface area contributed by atoms with Gasteiger partial charge in [0, 0.05) is 9.80 Å². The lowest BCUT2D eigenvalue weighted by molar-refractivity contribution is 0.0667. The molecule has 2 nitrogen and oxygen atoms in total. The van der Waals surface area contributed by atoms with Gasteiger partial charge >= 0.3 is 0 Å². The van der Waals surface area contributed by atoms with Crippen molar-refractivity contribution >= 4 is 20.1 Å². The van der Waals surface area contributed by atoms with Crippen molar-refractivity contribution in [3.05, 3.63) is 41.3 Å². The van der Waals surface area contributed by atoms with Crippen molar-refractivity contribution in [3.63, 3.8) is 0 Å². The van der Waals surface area contributed by atoms with Gasteiger partial charge in [-0.25, -0.2) is 0 Å². The number of aliphatic hydroxyl groups is 1. The summed E-state index contributed by atoms with van der Waals surface area (Å²) >= 11 is 1.63. The Morgan fingerprint density at radius 3 is 2.12 bits per heavy atom. The number of thioether (sulfide) groups is 1. The molecule has 0 unspecified atom stereocenters. The Hall–Kier alpha value is -0.553. The van der Waals surface area contributed by atoms with E-state index < -0.39 is 14.4 Å². The molecular formula is C20H34O2SSi. The molecule has 0 radical (unpaired) electrons. The third-order valence-corrected chi connectivity index (χ3v) is 10.2. The van der Waals surface area contributed by atoms with Gasteiger partial charge in [0.05, 0.1) is 6.10 Å². The van der Waals surface area contributed by atoms with Crippen LogP contribution in [0.15, 0.2) is 46.2 Å². The Labute approximate surface area is 153 Å². The van der Waals surface area contributed by atoms with Crippen LogP contribution in [0, 0.1) is 5.92 Å². The molecule has 1 aromatic rings. The van der Waals surface area contributed by atoms with Gasteiger partial charge in [-0.1, -0.05) is 70.7 Å². The Bertz CT molecular complexity index is 532. The van der Waals surface area contributed by atoms with Gasteiger partial charge in [0.25, 0.3) is 0 Å². The van der Waals surface area contributed by atoms with E-state index in [9.17, 15) is 5.11 Å². The lowest BCUT2D eigenvalue weighted by Crippen LogP contribution is -2.46. The summed E-state index contributed by atoms with van der Waals surface area (Å²) in [5, 5.41) is 11.1. The molecule has 0 aliphatic heterocycles. The van der Waals surface area contributed by atoms with Crippen LogP contribution >= 0.6 is 11.8 Å². The maximum Gasteiger partial charge on any atom is 0.192 e. The Morgan fingerprint density at radius 2 is 1.67 bits per heavy atom. The molecule has 0 spiro atoms. The monoisotopic (exact) mass is 366 g/mol. The summed E-state index contributed by atoms with van der Waals surface area (Å²) in [7, 11) is -1.91. The summed E-state index contributed by atoms with van der Waals surface area (Å²) in [5.74, 6) is 0.380. The van der Waals surface area contributed by atoms with E-state index in [1.54, 1.807) is 11.8 Å². The average Bonchev–Trinajstić information content (AvgIpc) is 2.44. The number of allylic oxidation sites excluding steroid dienone is 1. The molecule has 1 N–H and O–H groups in total. The van der Waals surface area contributed by atoms with E-state index in [-0.39, 0.29) is 11.1 Å². The molecule has 0 aliphatic carbocycles. The van der Waals surface area contributed by atoms with Crippen molar-refractivity contribution in [1.82, 2.24) is 0 Å². The highest BCUT2D eigenvalue weighted by atomic mass is 32.2. The van der Waals surface area contributed by atoms with Crippen LogP contribution in [0.2, 0.25) is 18.1 Å². The minimum atomic E-state index is -1.91. The van der Waals surface area contributed by atoms with E-state index in [1.807, 2.05) is 25.1 Å². The highest BCUT2D eigenvalue weighted by Crippen LogP contribution is 2.39. The van der Waals surface area contributed by atoms with Crippen molar-refractivity contribution in [2.24, 2.45) is 5.92 Å². The van der Waals surface area contributed by atoms with Crippen LogP contribution in [0.3, 0.4) is 0 Å². The molecule has 0 fully saturated rings. The molecule has 1 rings (SSSR count). The number of hydrogen-bond donors (Lipinski definition) is 1. The topological polar surface area (TPSA) is 29.5 Å². The normalized spacial score (nSPS) is 16.3. The maximum atomic E-state index is 10.9. The first-order valence-electron chi connectivity index (χ1n) is 8.74. The molecule has 1 aromatic carbocycles. The van der Waals surface area contributed by atoms with Gasteiger partial charge in [-0.2, -0.15) is 0 Å². The zero-order valence-electron chi connectivity index (χ0n) is 16.5. The maximum absolute atomic E-state index is 10.9. The number of aliphatic hydroxyl groups excluding tert-OH is 1. The second kappa shape index (κ2) is 8.70. The van der Waals surface area contributed by atoms with Crippen LogP contribution < -0.4 is 0 Å². The molecular weight excluding hydrogens is 332 g/mol. The SMILES string of the molecule is CC(C)/C=C(/Sc1ccccc1)[C@H](O)[C@@H](C)O[Si](C)(C)C(C)(C)C. The van der Waals surface area contributed by atoms with Crippen LogP contribution in [0.1, 0.15) is 41.5 Å². The van der Waals surface area contributed by atoms with Crippen LogP contribution in [0.5, 0.6) is 0 Å². The molecule has 0 aromatic heterocycles. The first-order valence-corrected chi connectivity index (χ1v) is 12.5. The van der Waals surface area contributed by atoms with Gasteiger partial charge in [-0.15, -0.1) is 0 Å². The Kier molecular flexibility index (Phi) is 7.79. The largest absolute Gasteiger partial charge is 0.411 e. The smallest absolute Gasteiger partial charge is 0.192 e. The number of rotatable bonds is 7. The fourth-order valence-electron chi connectivity index (χ4n) is 2.08. The zero-order valence-corrected chi connectivity index (χ0v) is 18.3. The average molecular weight is 367 g/mol. The predicted octanol–water partition coefficient (Wildman–Crippen LogP) is 6.09. The molecule has 4 heteroatoms. The quantitative estimate of drug-likeness (QED) is 0.468. The standard InChI is InChI=1S/C20H34O2SSi/c1-15(2)14-18(23-17-12-10-9-11-13-17)19(21)16(3)22-24(7,8)20(4,5)6/h9-16,19,21H,1-8H3/b18-14+/t16-,19-/m1/s1. The van der Waals surface area contributed by atoms with E-state index in [2.05, 4.69) is 65.9 Å². The minimum Gasteiger partial charge on any atom is -0.411 e.